The Bertz CT molecular complexity index is 884. The quantitative estimate of drug-likeness (QED) is 0.538. The van der Waals surface area contributed by atoms with Crippen molar-refractivity contribution in [1.82, 2.24) is 9.38 Å². The van der Waals surface area contributed by atoms with E-state index in [1.165, 1.54) is 32.5 Å². The minimum Gasteiger partial charge on any atom is -0.472 e. The second-order valence-corrected chi connectivity index (χ2v) is 7.28. The summed E-state index contributed by atoms with van der Waals surface area (Å²) in [7, 11) is 0. The second kappa shape index (κ2) is 8.51. The summed E-state index contributed by atoms with van der Waals surface area (Å²) in [5.74, 6) is -0.892. The monoisotopic (exact) mass is 408 g/mol. The highest BCUT2D eigenvalue weighted by atomic mass is 32.2. The smallest absolute Gasteiger partial charge is 0.303 e. The van der Waals surface area contributed by atoms with Gasteiger partial charge in [-0.1, -0.05) is 0 Å². The van der Waals surface area contributed by atoms with Crippen molar-refractivity contribution < 1.29 is 33.3 Å². The average Bonchev–Trinajstić information content (AvgIpc) is 3.08. The van der Waals surface area contributed by atoms with Gasteiger partial charge in [0.15, 0.2) is 35.1 Å². The zero-order valence-corrected chi connectivity index (χ0v) is 16.4. The molecule has 0 unspecified atom stereocenters. The van der Waals surface area contributed by atoms with Crippen LogP contribution in [-0.2, 0) is 28.6 Å². The van der Waals surface area contributed by atoms with Gasteiger partial charge in [-0.05, 0) is 12.1 Å². The summed E-state index contributed by atoms with van der Waals surface area (Å²) in [6, 6.07) is 3.54. The number of fused-ring (bicyclic) bond motifs is 1. The van der Waals surface area contributed by atoms with Crippen molar-refractivity contribution in [3.63, 3.8) is 0 Å². The molecule has 1 saturated heterocycles. The van der Waals surface area contributed by atoms with Crippen LogP contribution in [-0.4, -0.2) is 56.8 Å². The average molecular weight is 408 g/mol. The molecule has 3 rings (SSSR count). The molecule has 0 radical (unpaired) electrons. The highest BCUT2D eigenvalue weighted by Gasteiger charge is 2.47. The van der Waals surface area contributed by atoms with Gasteiger partial charge in [-0.25, -0.2) is 4.98 Å². The van der Waals surface area contributed by atoms with E-state index in [0.29, 0.717) is 17.1 Å². The van der Waals surface area contributed by atoms with E-state index in [1.807, 2.05) is 6.20 Å². The first-order valence-corrected chi connectivity index (χ1v) is 9.61. The van der Waals surface area contributed by atoms with Crippen molar-refractivity contribution in [1.29, 1.82) is 0 Å². The van der Waals surface area contributed by atoms with Crippen LogP contribution in [0.25, 0.3) is 5.65 Å². The van der Waals surface area contributed by atoms with Crippen LogP contribution in [0.1, 0.15) is 20.8 Å². The molecule has 0 N–H and O–H groups in total. The summed E-state index contributed by atoms with van der Waals surface area (Å²) in [5, 5.41) is 0. The van der Waals surface area contributed by atoms with Crippen LogP contribution in [0.5, 0.6) is 5.75 Å². The van der Waals surface area contributed by atoms with Gasteiger partial charge >= 0.3 is 17.9 Å². The van der Waals surface area contributed by atoms with E-state index in [-0.39, 0.29) is 0 Å². The minimum atomic E-state index is -0.990. The van der Waals surface area contributed by atoms with E-state index in [1.54, 1.807) is 28.9 Å². The molecule has 0 amide bonds. The molecule has 28 heavy (non-hydrogen) atoms. The van der Waals surface area contributed by atoms with Crippen molar-refractivity contribution in [2.45, 2.75) is 44.5 Å². The molecule has 0 spiro atoms. The molecule has 4 atom stereocenters. The molecule has 1 fully saturated rings. The topological polar surface area (TPSA) is 105 Å². The normalized spacial score (nSPS) is 24.4. The molecule has 2 aromatic rings. The van der Waals surface area contributed by atoms with E-state index >= 15 is 0 Å². The number of hydrogen-bond donors (Lipinski definition) is 0. The van der Waals surface area contributed by atoms with E-state index < -0.39 is 41.7 Å². The zero-order valence-electron chi connectivity index (χ0n) is 15.6. The second-order valence-electron chi connectivity index (χ2n) is 6.15. The molecule has 1 aliphatic heterocycles. The molecule has 2 aromatic heterocycles. The number of thioether (sulfide) groups is 1. The van der Waals surface area contributed by atoms with Gasteiger partial charge < -0.3 is 23.3 Å². The van der Waals surface area contributed by atoms with Crippen molar-refractivity contribution >= 4 is 35.3 Å². The fraction of sp³-hybridized carbons (Fsp3) is 0.444. The number of carbonyl (C=O) groups is 3. The molecule has 0 aromatic carbocycles. The van der Waals surface area contributed by atoms with Crippen LogP contribution < -0.4 is 4.74 Å². The SMILES string of the molecule is CC(=O)O[C@@H]1[C@@H](OC(C)=O)[C@@H](Oc2cccn3ccnc23)SC[C@H]1OC(C)=O. The maximum absolute atomic E-state index is 11.7. The molecule has 1 aliphatic rings. The summed E-state index contributed by atoms with van der Waals surface area (Å²) in [5.41, 5.74) is -0.0984. The Hall–Kier alpha value is -2.75. The highest BCUT2D eigenvalue weighted by molar-refractivity contribution is 7.99. The molecule has 10 heteroatoms. The third kappa shape index (κ3) is 4.56. The minimum absolute atomic E-state index is 0.303. The first-order valence-electron chi connectivity index (χ1n) is 8.56. The molecule has 150 valence electrons. The number of nitrogens with zero attached hydrogens (tertiary/aromatic N) is 2. The largest absolute Gasteiger partial charge is 0.472 e. The van der Waals surface area contributed by atoms with Crippen LogP contribution in [0, 0.1) is 0 Å². The lowest BCUT2D eigenvalue weighted by atomic mass is 10.1. The number of esters is 3. The van der Waals surface area contributed by atoms with Crippen molar-refractivity contribution in [2.24, 2.45) is 0 Å². The van der Waals surface area contributed by atoms with Gasteiger partial charge in [0.1, 0.15) is 0 Å². The Kier molecular flexibility index (Phi) is 6.08. The maximum Gasteiger partial charge on any atom is 0.303 e. The first-order chi connectivity index (χ1) is 13.3. The molecule has 3 heterocycles. The predicted molar refractivity (Wildman–Crippen MR) is 98.7 cm³/mol. The zero-order chi connectivity index (χ0) is 20.3. The van der Waals surface area contributed by atoms with Crippen molar-refractivity contribution in [2.75, 3.05) is 5.75 Å². The number of hydrogen-bond acceptors (Lipinski definition) is 9. The van der Waals surface area contributed by atoms with Crippen LogP contribution in [0.3, 0.4) is 0 Å². The van der Waals surface area contributed by atoms with Crippen molar-refractivity contribution in [3.8, 4) is 5.75 Å². The van der Waals surface area contributed by atoms with E-state index in [2.05, 4.69) is 4.98 Å². The van der Waals surface area contributed by atoms with Gasteiger partial charge in [0, 0.05) is 45.1 Å². The third-order valence-corrected chi connectivity index (χ3v) is 5.15. The fourth-order valence-electron chi connectivity index (χ4n) is 2.95. The van der Waals surface area contributed by atoms with Crippen molar-refractivity contribution in [3.05, 3.63) is 30.7 Å². The number of pyridine rings is 1. The molecule has 9 nitrogen and oxygen atoms in total. The molecule has 0 saturated carbocycles. The number of rotatable bonds is 5. The molecular weight excluding hydrogens is 388 g/mol. The lowest BCUT2D eigenvalue weighted by molar-refractivity contribution is -0.186. The standard InChI is InChI=1S/C18H20N2O7S/c1-10(21)24-14-9-28-18(16(26-12(3)23)15(14)25-11(2)22)27-13-5-4-7-20-8-6-19-17(13)20/h4-8,14-16,18H,9H2,1-3H3/t14-,15+,16-,18+/m1/s1. The van der Waals surface area contributed by atoms with Gasteiger partial charge in [-0.3, -0.25) is 14.4 Å². The van der Waals surface area contributed by atoms with Crippen LogP contribution in [0.2, 0.25) is 0 Å². The number of aromatic nitrogens is 2. The van der Waals surface area contributed by atoms with E-state index in [0.717, 1.165) is 0 Å². The van der Waals surface area contributed by atoms with Gasteiger partial charge in [-0.2, -0.15) is 0 Å². The Morgan fingerprint density at radius 2 is 1.71 bits per heavy atom. The van der Waals surface area contributed by atoms with E-state index in [4.69, 9.17) is 18.9 Å². The summed E-state index contributed by atoms with van der Waals surface area (Å²) in [6.45, 7) is 3.74. The number of carbonyl (C=O) groups excluding carboxylic acids is 3. The Balaban J connectivity index is 1.90. The lowest BCUT2D eigenvalue weighted by Gasteiger charge is -2.39. The molecule has 0 bridgehead atoms. The van der Waals surface area contributed by atoms with Gasteiger partial charge in [0.25, 0.3) is 0 Å². The third-order valence-electron chi connectivity index (χ3n) is 3.93. The van der Waals surface area contributed by atoms with E-state index in [9.17, 15) is 14.4 Å². The van der Waals surface area contributed by atoms with Crippen LogP contribution in [0.15, 0.2) is 30.7 Å². The van der Waals surface area contributed by atoms with Crippen LogP contribution in [0.4, 0.5) is 0 Å². The Morgan fingerprint density at radius 3 is 2.39 bits per heavy atom. The van der Waals surface area contributed by atoms with Gasteiger partial charge in [0.05, 0.1) is 0 Å². The first kappa shape index (κ1) is 20.0. The molecule has 0 aliphatic carbocycles. The van der Waals surface area contributed by atoms with Crippen LogP contribution >= 0.6 is 11.8 Å². The molecular formula is C18H20N2O7S. The van der Waals surface area contributed by atoms with Gasteiger partial charge in [-0.15, -0.1) is 11.8 Å². The summed E-state index contributed by atoms with van der Waals surface area (Å²) in [6.07, 6.45) is 2.51. The summed E-state index contributed by atoms with van der Waals surface area (Å²) >= 11 is 1.30. The predicted octanol–water partition coefficient (Wildman–Crippen LogP) is 1.58. The lowest BCUT2D eigenvalue weighted by Crippen LogP contribution is -2.55. The van der Waals surface area contributed by atoms with Gasteiger partial charge in [0.2, 0.25) is 0 Å². The summed E-state index contributed by atoms with van der Waals surface area (Å²) in [4.78, 5) is 39.0. The fourth-order valence-corrected chi connectivity index (χ4v) is 4.16. The highest BCUT2D eigenvalue weighted by Crippen LogP contribution is 2.35. The Morgan fingerprint density at radius 1 is 1.04 bits per heavy atom. The number of imidazole rings is 1. The summed E-state index contributed by atoms with van der Waals surface area (Å²) < 4.78 is 23.9. The Labute approximate surface area is 165 Å². The number of ether oxygens (including phenoxy) is 4. The maximum atomic E-state index is 11.7.